The first-order valence-electron chi connectivity index (χ1n) is 7.72. The Morgan fingerprint density at radius 1 is 0.958 bits per heavy atom. The van der Waals surface area contributed by atoms with Crippen molar-refractivity contribution in [2.24, 2.45) is 0 Å². The summed E-state index contributed by atoms with van der Waals surface area (Å²) in [5.74, 6) is -0.561. The summed E-state index contributed by atoms with van der Waals surface area (Å²) in [6, 6.07) is 12.7. The van der Waals surface area contributed by atoms with E-state index in [0.29, 0.717) is 0 Å². The SMILES string of the molecule is COC1CCCNC1=C(c1ccc(F)cc1)c1ccc(F)cc1.Cl. The maximum Gasteiger partial charge on any atom is 0.123 e. The molecule has 1 unspecified atom stereocenters. The molecule has 0 saturated carbocycles. The molecular formula is C19H20ClF2NO. The van der Waals surface area contributed by atoms with Crippen LogP contribution in [0.4, 0.5) is 8.78 Å². The lowest BCUT2D eigenvalue weighted by molar-refractivity contribution is 0.107. The van der Waals surface area contributed by atoms with Gasteiger partial charge >= 0.3 is 0 Å². The van der Waals surface area contributed by atoms with Gasteiger partial charge in [0, 0.05) is 24.9 Å². The van der Waals surface area contributed by atoms with E-state index < -0.39 is 0 Å². The van der Waals surface area contributed by atoms with Crippen molar-refractivity contribution >= 4 is 18.0 Å². The van der Waals surface area contributed by atoms with Crippen LogP contribution in [0.2, 0.25) is 0 Å². The molecule has 0 aliphatic carbocycles. The fourth-order valence-electron chi connectivity index (χ4n) is 2.96. The van der Waals surface area contributed by atoms with E-state index in [4.69, 9.17) is 4.74 Å². The van der Waals surface area contributed by atoms with E-state index in [-0.39, 0.29) is 30.1 Å². The second-order valence-corrected chi connectivity index (χ2v) is 5.60. The fourth-order valence-corrected chi connectivity index (χ4v) is 2.96. The Bertz CT molecular complexity index is 651. The Morgan fingerprint density at radius 3 is 1.92 bits per heavy atom. The zero-order valence-corrected chi connectivity index (χ0v) is 14.2. The molecule has 0 spiro atoms. The summed E-state index contributed by atoms with van der Waals surface area (Å²) in [4.78, 5) is 0. The first-order chi connectivity index (χ1) is 11.2. The van der Waals surface area contributed by atoms with Gasteiger partial charge in [-0.2, -0.15) is 0 Å². The monoisotopic (exact) mass is 351 g/mol. The highest BCUT2D eigenvalue weighted by molar-refractivity contribution is 5.85. The Morgan fingerprint density at radius 2 is 1.46 bits per heavy atom. The minimum atomic E-state index is -0.280. The maximum atomic E-state index is 13.3. The van der Waals surface area contributed by atoms with Crippen molar-refractivity contribution < 1.29 is 13.5 Å². The van der Waals surface area contributed by atoms with Gasteiger partial charge in [-0.1, -0.05) is 24.3 Å². The first-order valence-corrected chi connectivity index (χ1v) is 7.72. The molecule has 0 amide bonds. The average Bonchev–Trinajstić information content (AvgIpc) is 2.59. The number of hydrogen-bond donors (Lipinski definition) is 1. The third-order valence-corrected chi connectivity index (χ3v) is 4.10. The molecule has 2 nitrogen and oxygen atoms in total. The van der Waals surface area contributed by atoms with Crippen LogP contribution in [-0.2, 0) is 4.74 Å². The number of hydrogen-bond acceptors (Lipinski definition) is 2. The molecule has 1 N–H and O–H groups in total. The normalized spacial score (nSPS) is 17.0. The summed E-state index contributed by atoms with van der Waals surface area (Å²) < 4.78 is 32.2. The van der Waals surface area contributed by atoms with E-state index in [1.54, 1.807) is 31.4 Å². The molecule has 0 radical (unpaired) electrons. The van der Waals surface area contributed by atoms with Gasteiger partial charge in [-0.25, -0.2) is 8.78 Å². The van der Waals surface area contributed by atoms with Gasteiger partial charge in [-0.05, 0) is 48.2 Å². The highest BCUT2D eigenvalue weighted by Crippen LogP contribution is 2.31. The van der Waals surface area contributed by atoms with Crippen molar-refractivity contribution in [1.82, 2.24) is 5.32 Å². The molecule has 3 rings (SSSR count). The molecule has 0 aromatic heterocycles. The smallest absolute Gasteiger partial charge is 0.123 e. The number of halogens is 3. The minimum Gasteiger partial charge on any atom is -0.386 e. The van der Waals surface area contributed by atoms with E-state index in [1.165, 1.54) is 24.3 Å². The summed E-state index contributed by atoms with van der Waals surface area (Å²) in [6.07, 6.45) is 1.90. The van der Waals surface area contributed by atoms with Crippen molar-refractivity contribution in [2.75, 3.05) is 13.7 Å². The summed E-state index contributed by atoms with van der Waals surface area (Å²) in [5, 5.41) is 3.41. The molecule has 2 aromatic carbocycles. The molecule has 1 aliphatic heterocycles. The predicted octanol–water partition coefficient (Wildman–Crippen LogP) is 4.54. The van der Waals surface area contributed by atoms with E-state index in [2.05, 4.69) is 5.32 Å². The van der Waals surface area contributed by atoms with E-state index >= 15 is 0 Å². The highest BCUT2D eigenvalue weighted by Gasteiger charge is 2.23. The summed E-state index contributed by atoms with van der Waals surface area (Å²) in [6.45, 7) is 0.862. The Hall–Kier alpha value is -1.91. The van der Waals surface area contributed by atoms with Gasteiger partial charge in [0.15, 0.2) is 0 Å². The molecule has 5 heteroatoms. The molecule has 24 heavy (non-hydrogen) atoms. The van der Waals surface area contributed by atoms with Crippen LogP contribution in [0.5, 0.6) is 0 Å². The number of ether oxygens (including phenoxy) is 1. The largest absolute Gasteiger partial charge is 0.386 e. The number of benzene rings is 2. The van der Waals surface area contributed by atoms with Crippen LogP contribution in [0.25, 0.3) is 5.57 Å². The van der Waals surface area contributed by atoms with Crippen LogP contribution < -0.4 is 5.32 Å². The summed E-state index contributed by atoms with van der Waals surface area (Å²) in [5.41, 5.74) is 3.66. The van der Waals surface area contributed by atoms with Gasteiger partial charge in [0.2, 0.25) is 0 Å². The molecule has 128 valence electrons. The second-order valence-electron chi connectivity index (χ2n) is 5.60. The molecule has 0 bridgehead atoms. The first kappa shape index (κ1) is 18.4. The van der Waals surface area contributed by atoms with E-state index in [1.807, 2.05) is 0 Å². The number of piperidine rings is 1. The average molecular weight is 352 g/mol. The Balaban J connectivity index is 0.00000208. The van der Waals surface area contributed by atoms with Crippen LogP contribution in [0.1, 0.15) is 24.0 Å². The number of rotatable bonds is 3. The van der Waals surface area contributed by atoms with Crippen LogP contribution in [-0.4, -0.2) is 19.8 Å². The van der Waals surface area contributed by atoms with E-state index in [0.717, 1.165) is 41.8 Å². The van der Waals surface area contributed by atoms with Crippen molar-refractivity contribution in [1.29, 1.82) is 0 Å². The fraction of sp³-hybridized carbons (Fsp3) is 0.263. The molecule has 1 aliphatic rings. The zero-order chi connectivity index (χ0) is 16.2. The lowest BCUT2D eigenvalue weighted by Crippen LogP contribution is -2.33. The van der Waals surface area contributed by atoms with Gasteiger partial charge in [0.25, 0.3) is 0 Å². The van der Waals surface area contributed by atoms with Crippen molar-refractivity contribution in [3.05, 3.63) is 77.0 Å². The van der Waals surface area contributed by atoms with Gasteiger partial charge in [0.05, 0.1) is 6.10 Å². The lowest BCUT2D eigenvalue weighted by atomic mass is 9.91. The zero-order valence-electron chi connectivity index (χ0n) is 13.4. The quantitative estimate of drug-likeness (QED) is 0.876. The lowest BCUT2D eigenvalue weighted by Gasteiger charge is -2.29. The van der Waals surface area contributed by atoms with Crippen LogP contribution in [0.3, 0.4) is 0 Å². The molecule has 1 fully saturated rings. The number of nitrogens with one attached hydrogen (secondary N) is 1. The summed E-state index contributed by atoms with van der Waals surface area (Å²) >= 11 is 0. The maximum absolute atomic E-state index is 13.3. The molecule has 1 saturated heterocycles. The molecule has 1 atom stereocenters. The molecular weight excluding hydrogens is 332 g/mol. The third-order valence-electron chi connectivity index (χ3n) is 4.10. The van der Waals surface area contributed by atoms with Gasteiger partial charge in [0.1, 0.15) is 11.6 Å². The summed E-state index contributed by atoms with van der Waals surface area (Å²) in [7, 11) is 1.69. The Labute approximate surface area is 146 Å². The second kappa shape index (κ2) is 8.27. The van der Waals surface area contributed by atoms with E-state index in [9.17, 15) is 8.78 Å². The van der Waals surface area contributed by atoms with Crippen LogP contribution >= 0.6 is 12.4 Å². The topological polar surface area (TPSA) is 21.3 Å². The van der Waals surface area contributed by atoms with Crippen molar-refractivity contribution in [2.45, 2.75) is 18.9 Å². The Kier molecular flexibility index (Phi) is 6.35. The minimum absolute atomic E-state index is 0. The van der Waals surface area contributed by atoms with Crippen molar-refractivity contribution in [3.63, 3.8) is 0 Å². The third kappa shape index (κ3) is 3.94. The van der Waals surface area contributed by atoms with Gasteiger partial charge < -0.3 is 10.1 Å². The van der Waals surface area contributed by atoms with Crippen LogP contribution in [0.15, 0.2) is 54.2 Å². The van der Waals surface area contributed by atoms with Gasteiger partial charge in [-0.15, -0.1) is 12.4 Å². The van der Waals surface area contributed by atoms with Crippen LogP contribution in [0, 0.1) is 11.6 Å². The van der Waals surface area contributed by atoms with Crippen molar-refractivity contribution in [3.8, 4) is 0 Å². The predicted molar refractivity (Wildman–Crippen MR) is 94.1 cm³/mol. The molecule has 1 heterocycles. The molecule has 2 aromatic rings. The van der Waals surface area contributed by atoms with Gasteiger partial charge in [-0.3, -0.25) is 0 Å². The highest BCUT2D eigenvalue weighted by atomic mass is 35.5. The number of methoxy groups -OCH3 is 1. The standard InChI is InChI=1S/C19H19F2NO.ClH/c1-23-17-3-2-12-22-19(17)18(13-4-8-15(20)9-5-13)14-6-10-16(21)11-7-14;/h4-11,17,22H,2-3,12H2,1H3;1H.